The summed E-state index contributed by atoms with van der Waals surface area (Å²) in [6.45, 7) is 6.85. The first kappa shape index (κ1) is 14.6. The predicted molar refractivity (Wildman–Crippen MR) is 77.3 cm³/mol. The van der Waals surface area contributed by atoms with Crippen LogP contribution in [0.2, 0.25) is 0 Å². The molecule has 0 aliphatic rings. The Morgan fingerprint density at radius 2 is 1.88 bits per heavy atom. The van der Waals surface area contributed by atoms with Crippen molar-refractivity contribution in [2.45, 2.75) is 30.9 Å². The van der Waals surface area contributed by atoms with Crippen LogP contribution in [0.4, 0.5) is 0 Å². The van der Waals surface area contributed by atoms with Gasteiger partial charge in [-0.25, -0.2) is 0 Å². The van der Waals surface area contributed by atoms with E-state index in [0.717, 1.165) is 15.9 Å². The van der Waals surface area contributed by atoms with E-state index in [-0.39, 0.29) is 11.2 Å². The minimum Gasteiger partial charge on any atom is -0.355 e. The fraction of sp³-hybridized carbons (Fsp3) is 0.462. The first-order chi connectivity index (χ1) is 7.99. The van der Waals surface area contributed by atoms with Crippen LogP contribution in [0, 0.1) is 5.92 Å². The van der Waals surface area contributed by atoms with Crippen LogP contribution < -0.4 is 5.32 Å². The second-order valence-corrected chi connectivity index (χ2v) is 6.68. The minimum atomic E-state index is -0.0603. The standard InChI is InChI=1S/C13H18BrNOS/c1-9(2)8-15-13(16)10(3)17-12-6-4-11(14)5-7-12/h4-7,9-10H,8H2,1-3H3,(H,15,16). The maximum absolute atomic E-state index is 11.8. The van der Waals surface area contributed by atoms with Crippen LogP contribution in [0.25, 0.3) is 0 Å². The second-order valence-electron chi connectivity index (χ2n) is 4.35. The van der Waals surface area contributed by atoms with Gasteiger partial charge in [0.25, 0.3) is 0 Å². The Morgan fingerprint density at radius 3 is 2.41 bits per heavy atom. The van der Waals surface area contributed by atoms with E-state index in [1.807, 2.05) is 31.2 Å². The molecule has 4 heteroatoms. The van der Waals surface area contributed by atoms with Crippen molar-refractivity contribution in [3.63, 3.8) is 0 Å². The molecule has 2 nitrogen and oxygen atoms in total. The molecule has 0 radical (unpaired) electrons. The van der Waals surface area contributed by atoms with Gasteiger partial charge < -0.3 is 5.32 Å². The molecule has 1 unspecified atom stereocenters. The van der Waals surface area contributed by atoms with Crippen molar-refractivity contribution in [1.82, 2.24) is 5.32 Å². The molecule has 0 aliphatic heterocycles. The van der Waals surface area contributed by atoms with Gasteiger partial charge in [0.2, 0.25) is 5.91 Å². The van der Waals surface area contributed by atoms with E-state index in [0.29, 0.717) is 5.92 Å². The van der Waals surface area contributed by atoms with Crippen LogP contribution in [0.5, 0.6) is 0 Å². The number of nitrogens with one attached hydrogen (secondary N) is 1. The molecule has 1 amide bonds. The number of halogens is 1. The number of thioether (sulfide) groups is 1. The average molecular weight is 316 g/mol. The summed E-state index contributed by atoms with van der Waals surface area (Å²) in [5.41, 5.74) is 0. The van der Waals surface area contributed by atoms with Crippen molar-refractivity contribution in [2.75, 3.05) is 6.54 Å². The highest BCUT2D eigenvalue weighted by molar-refractivity contribution is 9.10. The summed E-state index contributed by atoms with van der Waals surface area (Å²) in [6.07, 6.45) is 0. The van der Waals surface area contributed by atoms with Gasteiger partial charge in [-0.15, -0.1) is 11.8 Å². The largest absolute Gasteiger partial charge is 0.355 e. The molecule has 0 saturated heterocycles. The second kappa shape index (κ2) is 7.07. The van der Waals surface area contributed by atoms with E-state index >= 15 is 0 Å². The van der Waals surface area contributed by atoms with Gasteiger partial charge in [-0.05, 0) is 37.1 Å². The van der Waals surface area contributed by atoms with Crippen molar-refractivity contribution in [1.29, 1.82) is 0 Å². The van der Waals surface area contributed by atoms with Crippen LogP contribution in [0.15, 0.2) is 33.6 Å². The van der Waals surface area contributed by atoms with Gasteiger partial charge in [0.15, 0.2) is 0 Å². The van der Waals surface area contributed by atoms with Gasteiger partial charge in [0, 0.05) is 15.9 Å². The smallest absolute Gasteiger partial charge is 0.233 e. The summed E-state index contributed by atoms with van der Waals surface area (Å²) in [7, 11) is 0. The molecule has 0 aliphatic carbocycles. The van der Waals surface area contributed by atoms with Gasteiger partial charge in [-0.3, -0.25) is 4.79 Å². The summed E-state index contributed by atoms with van der Waals surface area (Å²) >= 11 is 4.97. The lowest BCUT2D eigenvalue weighted by Gasteiger charge is -2.13. The lowest BCUT2D eigenvalue weighted by molar-refractivity contribution is -0.120. The Labute approximate surface area is 116 Å². The zero-order valence-corrected chi connectivity index (χ0v) is 12.8. The molecule has 0 heterocycles. The summed E-state index contributed by atoms with van der Waals surface area (Å²) < 4.78 is 1.05. The van der Waals surface area contributed by atoms with Crippen molar-refractivity contribution in [3.8, 4) is 0 Å². The molecule has 0 spiro atoms. The molecule has 1 atom stereocenters. The van der Waals surface area contributed by atoms with Crippen molar-refractivity contribution in [3.05, 3.63) is 28.7 Å². The molecular weight excluding hydrogens is 298 g/mol. The Morgan fingerprint density at radius 1 is 1.29 bits per heavy atom. The number of carbonyl (C=O) groups excluding carboxylic acids is 1. The molecule has 0 bridgehead atoms. The molecule has 0 aromatic heterocycles. The maximum Gasteiger partial charge on any atom is 0.233 e. The van der Waals surface area contributed by atoms with E-state index < -0.39 is 0 Å². The summed E-state index contributed by atoms with van der Waals surface area (Å²) in [5.74, 6) is 0.593. The Hall–Kier alpha value is -0.480. The highest BCUT2D eigenvalue weighted by atomic mass is 79.9. The lowest BCUT2D eigenvalue weighted by Crippen LogP contribution is -2.33. The first-order valence-electron chi connectivity index (χ1n) is 5.69. The van der Waals surface area contributed by atoms with Crippen molar-refractivity contribution >= 4 is 33.6 Å². The monoisotopic (exact) mass is 315 g/mol. The summed E-state index contributed by atoms with van der Waals surface area (Å²) in [6, 6.07) is 8.00. The van der Waals surface area contributed by atoms with Crippen LogP contribution in [-0.4, -0.2) is 17.7 Å². The van der Waals surface area contributed by atoms with Crippen molar-refractivity contribution in [2.24, 2.45) is 5.92 Å². The third kappa shape index (κ3) is 5.59. The Kier molecular flexibility index (Phi) is 6.06. The lowest BCUT2D eigenvalue weighted by atomic mass is 10.2. The number of hydrogen-bond acceptors (Lipinski definition) is 2. The molecule has 1 aromatic rings. The predicted octanol–water partition coefficient (Wildman–Crippen LogP) is 3.70. The van der Waals surface area contributed by atoms with Crippen LogP contribution in [-0.2, 0) is 4.79 Å². The van der Waals surface area contributed by atoms with Gasteiger partial charge in [-0.2, -0.15) is 0 Å². The molecule has 94 valence electrons. The molecule has 0 fully saturated rings. The maximum atomic E-state index is 11.8. The number of carbonyl (C=O) groups is 1. The average Bonchev–Trinajstić information content (AvgIpc) is 2.28. The third-order valence-electron chi connectivity index (χ3n) is 2.18. The highest BCUT2D eigenvalue weighted by Crippen LogP contribution is 2.24. The fourth-order valence-electron chi connectivity index (χ4n) is 1.22. The molecule has 1 rings (SSSR count). The van der Waals surface area contributed by atoms with Crippen LogP contribution >= 0.6 is 27.7 Å². The number of hydrogen-bond donors (Lipinski definition) is 1. The van der Waals surface area contributed by atoms with Gasteiger partial charge in [0.1, 0.15) is 0 Å². The third-order valence-corrected chi connectivity index (χ3v) is 3.82. The van der Waals surface area contributed by atoms with Gasteiger partial charge >= 0.3 is 0 Å². The Bertz CT molecular complexity index is 364. The molecule has 1 N–H and O–H groups in total. The van der Waals surface area contributed by atoms with Gasteiger partial charge in [-0.1, -0.05) is 29.8 Å². The number of rotatable bonds is 5. The van der Waals surface area contributed by atoms with Gasteiger partial charge in [0.05, 0.1) is 5.25 Å². The molecule has 1 aromatic carbocycles. The summed E-state index contributed by atoms with van der Waals surface area (Å²) in [5, 5.41) is 2.88. The quantitative estimate of drug-likeness (QED) is 0.839. The fourth-order valence-corrected chi connectivity index (χ4v) is 2.38. The van der Waals surface area contributed by atoms with E-state index in [4.69, 9.17) is 0 Å². The van der Waals surface area contributed by atoms with E-state index in [1.165, 1.54) is 0 Å². The summed E-state index contributed by atoms with van der Waals surface area (Å²) in [4.78, 5) is 12.9. The minimum absolute atomic E-state index is 0.0603. The van der Waals surface area contributed by atoms with E-state index in [1.54, 1.807) is 11.8 Å². The molecular formula is C13H18BrNOS. The molecule has 17 heavy (non-hydrogen) atoms. The zero-order chi connectivity index (χ0) is 12.8. The van der Waals surface area contributed by atoms with Crippen LogP contribution in [0.3, 0.4) is 0 Å². The number of amides is 1. The number of benzene rings is 1. The van der Waals surface area contributed by atoms with Crippen LogP contribution in [0.1, 0.15) is 20.8 Å². The van der Waals surface area contributed by atoms with E-state index in [9.17, 15) is 4.79 Å². The Balaban J connectivity index is 2.45. The molecule has 0 saturated carbocycles. The highest BCUT2D eigenvalue weighted by Gasteiger charge is 2.13. The SMILES string of the molecule is CC(C)CNC(=O)C(C)Sc1ccc(Br)cc1. The first-order valence-corrected chi connectivity index (χ1v) is 7.36. The van der Waals surface area contributed by atoms with E-state index in [2.05, 4.69) is 35.1 Å². The van der Waals surface area contributed by atoms with Crippen molar-refractivity contribution < 1.29 is 4.79 Å². The topological polar surface area (TPSA) is 29.1 Å². The normalized spacial score (nSPS) is 12.5. The zero-order valence-electron chi connectivity index (χ0n) is 10.4.